The predicted molar refractivity (Wildman–Crippen MR) is 49.8 cm³/mol. The summed E-state index contributed by atoms with van der Waals surface area (Å²) in [5.74, 6) is 0. The average molecular weight is 168 g/mol. The molecule has 0 aliphatic carbocycles. The SMILES string of the molecule is CCC(C)(C=S)n1ccnc1. The summed E-state index contributed by atoms with van der Waals surface area (Å²) in [5.41, 5.74) is -0.0498. The minimum absolute atomic E-state index is 0.0498. The number of thiocarbonyl (C=S) groups is 1. The van der Waals surface area contributed by atoms with Crippen LogP contribution in [0.1, 0.15) is 20.3 Å². The Bertz CT molecular complexity index is 230. The monoisotopic (exact) mass is 168 g/mol. The van der Waals surface area contributed by atoms with Crippen LogP contribution in [0, 0.1) is 0 Å². The van der Waals surface area contributed by atoms with Crippen molar-refractivity contribution in [2.45, 2.75) is 25.8 Å². The first kappa shape index (κ1) is 8.40. The third kappa shape index (κ3) is 1.48. The molecule has 0 amide bonds. The van der Waals surface area contributed by atoms with Gasteiger partial charge in [0.25, 0.3) is 0 Å². The van der Waals surface area contributed by atoms with Gasteiger partial charge in [0.2, 0.25) is 0 Å². The highest BCUT2D eigenvalue weighted by Gasteiger charge is 2.19. The highest BCUT2D eigenvalue weighted by molar-refractivity contribution is 7.79. The van der Waals surface area contributed by atoms with E-state index in [4.69, 9.17) is 12.2 Å². The number of hydrogen-bond acceptors (Lipinski definition) is 2. The lowest BCUT2D eigenvalue weighted by Gasteiger charge is -2.24. The summed E-state index contributed by atoms with van der Waals surface area (Å²) < 4.78 is 2.03. The number of rotatable bonds is 3. The van der Waals surface area contributed by atoms with Gasteiger partial charge in [0.15, 0.2) is 0 Å². The summed E-state index contributed by atoms with van der Waals surface area (Å²) in [7, 11) is 0. The fourth-order valence-corrected chi connectivity index (χ4v) is 1.18. The van der Waals surface area contributed by atoms with Gasteiger partial charge in [0.05, 0.1) is 11.9 Å². The first-order valence-corrected chi connectivity index (χ1v) is 4.15. The van der Waals surface area contributed by atoms with Gasteiger partial charge in [0.1, 0.15) is 0 Å². The van der Waals surface area contributed by atoms with E-state index < -0.39 is 0 Å². The third-order valence-electron chi connectivity index (χ3n) is 2.06. The molecule has 0 N–H and O–H groups in total. The van der Waals surface area contributed by atoms with Crippen molar-refractivity contribution >= 4 is 17.6 Å². The summed E-state index contributed by atoms with van der Waals surface area (Å²) in [6.45, 7) is 4.21. The molecular weight excluding hydrogens is 156 g/mol. The first-order chi connectivity index (χ1) is 5.23. The van der Waals surface area contributed by atoms with Crippen LogP contribution in [0.4, 0.5) is 0 Å². The van der Waals surface area contributed by atoms with E-state index in [1.807, 2.05) is 10.8 Å². The maximum absolute atomic E-state index is 4.96. The van der Waals surface area contributed by atoms with Crippen LogP contribution in [-0.4, -0.2) is 14.9 Å². The Balaban J connectivity index is 2.96. The summed E-state index contributed by atoms with van der Waals surface area (Å²) in [4.78, 5) is 3.98. The number of hydrogen-bond donors (Lipinski definition) is 0. The van der Waals surface area contributed by atoms with Crippen molar-refractivity contribution in [3.05, 3.63) is 18.7 Å². The van der Waals surface area contributed by atoms with Gasteiger partial charge in [-0.25, -0.2) is 4.98 Å². The summed E-state index contributed by atoms with van der Waals surface area (Å²) in [5, 5.41) is 1.79. The summed E-state index contributed by atoms with van der Waals surface area (Å²) in [6.07, 6.45) is 6.50. The van der Waals surface area contributed by atoms with Crippen molar-refractivity contribution < 1.29 is 0 Å². The van der Waals surface area contributed by atoms with Crippen molar-refractivity contribution in [3.8, 4) is 0 Å². The van der Waals surface area contributed by atoms with E-state index >= 15 is 0 Å². The fourth-order valence-electron chi connectivity index (χ4n) is 0.888. The van der Waals surface area contributed by atoms with E-state index in [0.717, 1.165) is 6.42 Å². The van der Waals surface area contributed by atoms with Crippen LogP contribution in [0.3, 0.4) is 0 Å². The highest BCUT2D eigenvalue weighted by Crippen LogP contribution is 2.16. The van der Waals surface area contributed by atoms with Crippen LogP contribution >= 0.6 is 12.2 Å². The summed E-state index contributed by atoms with van der Waals surface area (Å²) in [6, 6.07) is 0. The zero-order chi connectivity index (χ0) is 8.32. The van der Waals surface area contributed by atoms with E-state index in [9.17, 15) is 0 Å². The molecule has 3 heteroatoms. The molecule has 0 radical (unpaired) electrons. The summed E-state index contributed by atoms with van der Waals surface area (Å²) >= 11 is 4.96. The van der Waals surface area contributed by atoms with Crippen molar-refractivity contribution in [1.29, 1.82) is 0 Å². The molecule has 0 spiro atoms. The zero-order valence-corrected chi connectivity index (χ0v) is 7.64. The normalized spacial score (nSPS) is 15.8. The Labute approximate surface area is 72.3 Å². The molecule has 1 atom stereocenters. The third-order valence-corrected chi connectivity index (χ3v) is 2.57. The van der Waals surface area contributed by atoms with E-state index in [-0.39, 0.29) is 5.54 Å². The molecule has 0 fully saturated rings. The highest BCUT2D eigenvalue weighted by atomic mass is 32.1. The van der Waals surface area contributed by atoms with Crippen molar-refractivity contribution in [2.75, 3.05) is 0 Å². The van der Waals surface area contributed by atoms with Crippen molar-refractivity contribution in [3.63, 3.8) is 0 Å². The molecule has 0 aromatic carbocycles. The second-order valence-corrected chi connectivity index (χ2v) is 3.03. The van der Waals surface area contributed by atoms with Crippen LogP contribution in [0.2, 0.25) is 0 Å². The van der Waals surface area contributed by atoms with Gasteiger partial charge in [-0.15, -0.1) is 0 Å². The Morgan fingerprint density at radius 3 is 2.82 bits per heavy atom. The average Bonchev–Trinajstić information content (AvgIpc) is 2.55. The maximum Gasteiger partial charge on any atom is 0.0953 e. The second kappa shape index (κ2) is 3.13. The molecule has 0 saturated carbocycles. The molecule has 1 rings (SSSR count). The molecule has 0 aliphatic rings. The molecule has 1 unspecified atom stereocenters. The van der Waals surface area contributed by atoms with Gasteiger partial charge in [-0.3, -0.25) is 0 Å². The lowest BCUT2D eigenvalue weighted by molar-refractivity contribution is 0.443. The van der Waals surface area contributed by atoms with Crippen LogP contribution in [-0.2, 0) is 5.54 Å². The lowest BCUT2D eigenvalue weighted by Crippen LogP contribution is -2.28. The molecule has 1 aromatic heterocycles. The van der Waals surface area contributed by atoms with Crippen LogP contribution in [0.15, 0.2) is 18.7 Å². The zero-order valence-electron chi connectivity index (χ0n) is 6.82. The van der Waals surface area contributed by atoms with Gasteiger partial charge >= 0.3 is 0 Å². The number of nitrogens with zero attached hydrogens (tertiary/aromatic N) is 2. The quantitative estimate of drug-likeness (QED) is 0.642. The molecule has 0 aliphatic heterocycles. The Hall–Kier alpha value is -0.700. The van der Waals surface area contributed by atoms with Crippen LogP contribution < -0.4 is 0 Å². The van der Waals surface area contributed by atoms with E-state index in [0.29, 0.717) is 0 Å². The number of aromatic nitrogens is 2. The Morgan fingerprint density at radius 2 is 2.45 bits per heavy atom. The maximum atomic E-state index is 4.96. The molecule has 1 aromatic rings. The minimum Gasteiger partial charge on any atom is -0.327 e. The van der Waals surface area contributed by atoms with E-state index in [1.54, 1.807) is 17.9 Å². The molecule has 2 nitrogen and oxygen atoms in total. The fraction of sp³-hybridized carbons (Fsp3) is 0.500. The van der Waals surface area contributed by atoms with Gasteiger partial charge in [-0.05, 0) is 13.3 Å². The molecule has 0 saturated heterocycles. The van der Waals surface area contributed by atoms with Gasteiger partial charge in [-0.2, -0.15) is 0 Å². The molecule has 11 heavy (non-hydrogen) atoms. The van der Waals surface area contributed by atoms with Crippen molar-refractivity contribution in [1.82, 2.24) is 9.55 Å². The van der Waals surface area contributed by atoms with Gasteiger partial charge in [0, 0.05) is 17.8 Å². The first-order valence-electron chi connectivity index (χ1n) is 3.67. The van der Waals surface area contributed by atoms with E-state index in [2.05, 4.69) is 18.8 Å². The smallest absolute Gasteiger partial charge is 0.0953 e. The Kier molecular flexibility index (Phi) is 2.39. The molecule has 0 bridgehead atoms. The largest absolute Gasteiger partial charge is 0.327 e. The van der Waals surface area contributed by atoms with Crippen LogP contribution in [0.5, 0.6) is 0 Å². The van der Waals surface area contributed by atoms with Gasteiger partial charge < -0.3 is 4.57 Å². The lowest BCUT2D eigenvalue weighted by atomic mass is 10.0. The van der Waals surface area contributed by atoms with Gasteiger partial charge in [-0.1, -0.05) is 19.1 Å². The number of imidazole rings is 1. The Morgan fingerprint density at radius 1 is 1.73 bits per heavy atom. The molecule has 60 valence electrons. The van der Waals surface area contributed by atoms with Crippen molar-refractivity contribution in [2.24, 2.45) is 0 Å². The predicted octanol–water partition coefficient (Wildman–Crippen LogP) is 2.01. The molecule has 1 heterocycles. The standard InChI is InChI=1S/C8H12N2S/c1-3-8(2,6-11)10-5-4-9-7-10/h4-7H,3H2,1-2H3. The second-order valence-electron chi connectivity index (χ2n) is 2.80. The van der Waals surface area contributed by atoms with Crippen LogP contribution in [0.25, 0.3) is 0 Å². The minimum atomic E-state index is -0.0498. The van der Waals surface area contributed by atoms with E-state index in [1.165, 1.54) is 0 Å². The topological polar surface area (TPSA) is 17.8 Å². The molecular formula is C8H12N2S.